The number of nitrogens with zero attached hydrogens (tertiary/aromatic N) is 4. The molecule has 5 rings (SSSR count). The van der Waals surface area contributed by atoms with Crippen molar-refractivity contribution in [1.82, 2.24) is 24.7 Å². The van der Waals surface area contributed by atoms with E-state index in [1.807, 2.05) is 30.3 Å². The molecule has 3 heterocycles. The van der Waals surface area contributed by atoms with Crippen LogP contribution in [0.1, 0.15) is 30.3 Å². The molecule has 2 saturated heterocycles. The van der Waals surface area contributed by atoms with Gasteiger partial charge in [-0.2, -0.15) is 0 Å². The summed E-state index contributed by atoms with van der Waals surface area (Å²) in [7, 11) is 0. The van der Waals surface area contributed by atoms with Crippen LogP contribution in [-0.4, -0.2) is 105 Å². The molecule has 4 unspecified atom stereocenters. The predicted octanol–water partition coefficient (Wildman–Crippen LogP) is 3.66. The molecule has 4 atom stereocenters. The highest BCUT2D eigenvalue weighted by Gasteiger charge is 2.42. The van der Waals surface area contributed by atoms with Gasteiger partial charge in [0.1, 0.15) is 23.6 Å². The maximum absolute atomic E-state index is 15.3. The van der Waals surface area contributed by atoms with E-state index in [2.05, 4.69) is 5.32 Å². The second kappa shape index (κ2) is 15.0. The van der Waals surface area contributed by atoms with Crippen LogP contribution in [0.25, 0.3) is 11.3 Å². The summed E-state index contributed by atoms with van der Waals surface area (Å²) in [6.07, 6.45) is -1.48. The van der Waals surface area contributed by atoms with Crippen molar-refractivity contribution in [3.05, 3.63) is 77.8 Å². The summed E-state index contributed by atoms with van der Waals surface area (Å²) in [4.78, 5) is 32.8. The molecule has 0 aliphatic carbocycles. The highest BCUT2D eigenvalue weighted by Crippen LogP contribution is 2.38. The molecule has 3 amide bonds. The average molecular weight is 646 g/mol. The van der Waals surface area contributed by atoms with Crippen LogP contribution in [0.4, 0.5) is 22.8 Å². The smallest absolute Gasteiger partial charge is 0.407 e. The third kappa shape index (κ3) is 7.80. The number of imidazole rings is 1. The molecule has 0 radical (unpaired) electrons. The number of aromatic nitrogens is 2. The number of alkyl halides is 1. The minimum absolute atomic E-state index is 0.0717. The first kappa shape index (κ1) is 33.2. The molecule has 0 saturated carbocycles. The second-order valence-electron chi connectivity index (χ2n) is 11.8. The standard InChI is InChI=1S/C32H38F3N5O6/c33-23-6-7-26(34)25(12-23)28-18-38(14-20-4-2-1-3-5-20)30(37-28)29(21-8-10-46-11-9-21)40(31(43)36-13-24(42)19-41)16-22-15-39(32(44)45)17-27(22)35/h1-7,12,18,21-22,24,27,29,41-42H,8-11,13-17,19H2,(H,36,43)(H,44,45). The number of benzene rings is 2. The van der Waals surface area contributed by atoms with Crippen LogP contribution in [0.5, 0.6) is 0 Å². The minimum atomic E-state index is -1.55. The number of ether oxygens (including phenoxy) is 1. The first-order valence-corrected chi connectivity index (χ1v) is 15.2. The lowest BCUT2D eigenvalue weighted by Gasteiger charge is -2.40. The van der Waals surface area contributed by atoms with E-state index >= 15 is 8.78 Å². The number of aliphatic hydroxyl groups is 2. The Morgan fingerprint density at radius 2 is 1.85 bits per heavy atom. The van der Waals surface area contributed by atoms with Crippen molar-refractivity contribution in [2.45, 2.75) is 37.7 Å². The number of carboxylic acid groups (broad SMARTS) is 1. The van der Waals surface area contributed by atoms with Crippen molar-refractivity contribution in [3.63, 3.8) is 0 Å². The average Bonchev–Trinajstić information content (AvgIpc) is 3.64. The summed E-state index contributed by atoms with van der Waals surface area (Å²) >= 11 is 0. The number of hydrogen-bond acceptors (Lipinski definition) is 6. The number of rotatable bonds is 11. The van der Waals surface area contributed by atoms with Gasteiger partial charge in [0.05, 0.1) is 31.0 Å². The van der Waals surface area contributed by atoms with Crippen molar-refractivity contribution in [2.75, 3.05) is 46.0 Å². The van der Waals surface area contributed by atoms with E-state index in [1.165, 1.54) is 4.90 Å². The van der Waals surface area contributed by atoms with Crippen LogP contribution in [0, 0.1) is 23.5 Å². The molecule has 2 aromatic carbocycles. The minimum Gasteiger partial charge on any atom is -0.465 e. The fourth-order valence-electron chi connectivity index (χ4n) is 6.14. The summed E-state index contributed by atoms with van der Waals surface area (Å²) in [5.41, 5.74) is 0.937. The van der Waals surface area contributed by atoms with E-state index in [0.717, 1.165) is 28.7 Å². The number of aliphatic hydroxyl groups excluding tert-OH is 2. The van der Waals surface area contributed by atoms with Gasteiger partial charge in [0, 0.05) is 57.1 Å². The Balaban J connectivity index is 1.63. The largest absolute Gasteiger partial charge is 0.465 e. The van der Waals surface area contributed by atoms with Gasteiger partial charge in [-0.15, -0.1) is 0 Å². The molecular weight excluding hydrogens is 607 g/mol. The van der Waals surface area contributed by atoms with E-state index in [0.29, 0.717) is 31.9 Å². The lowest BCUT2D eigenvalue weighted by molar-refractivity contribution is 0.0248. The molecule has 11 nitrogen and oxygen atoms in total. The Bertz CT molecular complexity index is 1490. The zero-order valence-corrected chi connectivity index (χ0v) is 25.1. The summed E-state index contributed by atoms with van der Waals surface area (Å²) < 4.78 is 52.0. The summed E-state index contributed by atoms with van der Waals surface area (Å²) in [5, 5.41) is 31.5. The van der Waals surface area contributed by atoms with Gasteiger partial charge < -0.3 is 39.7 Å². The lowest BCUT2D eigenvalue weighted by atomic mass is 9.89. The second-order valence-corrected chi connectivity index (χ2v) is 11.8. The summed E-state index contributed by atoms with van der Waals surface area (Å²) in [5.74, 6) is -2.13. The molecule has 46 heavy (non-hydrogen) atoms. The molecule has 0 spiro atoms. The zero-order chi connectivity index (χ0) is 32.8. The van der Waals surface area contributed by atoms with Crippen LogP contribution >= 0.6 is 0 Å². The van der Waals surface area contributed by atoms with Gasteiger partial charge in [-0.3, -0.25) is 0 Å². The Hall–Kier alpha value is -4.14. The molecule has 14 heteroatoms. The van der Waals surface area contributed by atoms with Crippen molar-refractivity contribution in [2.24, 2.45) is 11.8 Å². The van der Waals surface area contributed by atoms with Crippen molar-refractivity contribution >= 4 is 12.1 Å². The third-order valence-corrected chi connectivity index (χ3v) is 8.54. The van der Waals surface area contributed by atoms with Gasteiger partial charge in [-0.1, -0.05) is 30.3 Å². The quantitative estimate of drug-likeness (QED) is 0.250. The predicted molar refractivity (Wildman–Crippen MR) is 161 cm³/mol. The third-order valence-electron chi connectivity index (χ3n) is 8.54. The Labute approximate surface area is 264 Å². The van der Waals surface area contributed by atoms with Crippen LogP contribution in [-0.2, 0) is 11.3 Å². The highest BCUT2D eigenvalue weighted by molar-refractivity contribution is 5.75. The maximum atomic E-state index is 15.3. The number of halogens is 3. The number of amides is 3. The van der Waals surface area contributed by atoms with Crippen LogP contribution < -0.4 is 5.32 Å². The van der Waals surface area contributed by atoms with Gasteiger partial charge in [0.25, 0.3) is 0 Å². The fraction of sp³-hybridized carbons (Fsp3) is 0.469. The summed E-state index contributed by atoms with van der Waals surface area (Å²) in [6, 6.07) is 10.9. The van der Waals surface area contributed by atoms with E-state index in [9.17, 15) is 29.3 Å². The van der Waals surface area contributed by atoms with Crippen LogP contribution in [0.15, 0.2) is 54.7 Å². The molecule has 248 valence electrons. The number of hydrogen-bond donors (Lipinski definition) is 4. The molecule has 0 bridgehead atoms. The van der Waals surface area contributed by atoms with Gasteiger partial charge in [0.15, 0.2) is 0 Å². The Kier molecular flexibility index (Phi) is 10.8. The molecule has 4 N–H and O–H groups in total. The SMILES string of the molecule is O=C(O)N1CC(F)C(CN(C(=O)NCC(O)CO)C(c2nc(-c3cc(F)ccc3F)cn2Cc2ccccc2)C2CCOCC2)C1. The Morgan fingerprint density at radius 1 is 1.11 bits per heavy atom. The maximum Gasteiger partial charge on any atom is 0.407 e. The number of likely N-dealkylation sites (tertiary alicyclic amines) is 1. The highest BCUT2D eigenvalue weighted by atomic mass is 19.1. The van der Waals surface area contributed by atoms with Crippen molar-refractivity contribution in [1.29, 1.82) is 0 Å². The van der Waals surface area contributed by atoms with Gasteiger partial charge in [-0.25, -0.2) is 27.7 Å². The Morgan fingerprint density at radius 3 is 2.52 bits per heavy atom. The molecule has 3 aromatic rings. The first-order valence-electron chi connectivity index (χ1n) is 15.2. The number of nitrogens with one attached hydrogen (secondary N) is 1. The van der Waals surface area contributed by atoms with Crippen LogP contribution in [0.3, 0.4) is 0 Å². The van der Waals surface area contributed by atoms with Crippen molar-refractivity contribution in [3.8, 4) is 11.3 Å². The van der Waals surface area contributed by atoms with Gasteiger partial charge in [0.2, 0.25) is 0 Å². The van der Waals surface area contributed by atoms with E-state index < -0.39 is 54.6 Å². The van der Waals surface area contributed by atoms with Crippen LogP contribution in [0.2, 0.25) is 0 Å². The fourth-order valence-corrected chi connectivity index (χ4v) is 6.14. The molecule has 2 fully saturated rings. The van der Waals surface area contributed by atoms with Gasteiger partial charge >= 0.3 is 12.1 Å². The monoisotopic (exact) mass is 645 g/mol. The number of carbonyl (C=O) groups excluding carboxylic acids is 1. The van der Waals surface area contributed by atoms with Gasteiger partial charge in [-0.05, 0) is 42.5 Å². The first-order chi connectivity index (χ1) is 22.1. The lowest BCUT2D eigenvalue weighted by Crippen LogP contribution is -2.50. The normalized spacial score (nSPS) is 20.0. The molecule has 2 aliphatic rings. The number of urea groups is 1. The van der Waals surface area contributed by atoms with E-state index in [4.69, 9.17) is 9.72 Å². The zero-order valence-electron chi connectivity index (χ0n) is 25.1. The molecule has 2 aliphatic heterocycles. The molecular formula is C32H38F3N5O6. The molecule has 1 aromatic heterocycles. The van der Waals surface area contributed by atoms with E-state index in [-0.39, 0.29) is 49.9 Å². The van der Waals surface area contributed by atoms with Crippen molar-refractivity contribution < 1.29 is 42.8 Å². The topological polar surface area (TPSA) is 140 Å². The van der Waals surface area contributed by atoms with E-state index in [1.54, 1.807) is 10.8 Å². The number of carbonyl (C=O) groups is 2. The summed E-state index contributed by atoms with van der Waals surface area (Å²) in [6.45, 7) is -0.550.